The van der Waals surface area contributed by atoms with Crippen molar-refractivity contribution in [3.8, 4) is 23.0 Å². The van der Waals surface area contributed by atoms with Gasteiger partial charge in [-0.05, 0) is 12.1 Å². The Hall–Kier alpha value is -3.15. The lowest BCUT2D eigenvalue weighted by Gasteiger charge is -2.09. The van der Waals surface area contributed by atoms with Crippen molar-refractivity contribution >= 4 is 11.0 Å². The van der Waals surface area contributed by atoms with Gasteiger partial charge in [0.15, 0.2) is 0 Å². The fraction of sp³-hybridized carbons (Fsp3) is 0.0625. The van der Waals surface area contributed by atoms with Crippen LogP contribution < -0.4 is 5.63 Å². The Morgan fingerprint density at radius 2 is 1.55 bits per heavy atom. The Balaban J connectivity index is 2.18. The lowest BCUT2D eigenvalue weighted by Crippen LogP contribution is -2.08. The van der Waals surface area contributed by atoms with Gasteiger partial charge in [-0.25, -0.2) is 4.79 Å². The summed E-state index contributed by atoms with van der Waals surface area (Å²) in [6, 6.07) is 8.57. The van der Waals surface area contributed by atoms with E-state index in [2.05, 4.69) is 0 Å². The molecule has 0 radical (unpaired) electrons. The molecule has 6 heteroatoms. The van der Waals surface area contributed by atoms with E-state index in [1.165, 1.54) is 0 Å². The Labute approximate surface area is 124 Å². The minimum atomic E-state index is -0.761. The fourth-order valence-corrected chi connectivity index (χ4v) is 2.31. The molecular weight excluding hydrogens is 288 g/mol. The minimum absolute atomic E-state index is 0.00989. The molecule has 2 aromatic carbocycles. The molecule has 3 aromatic rings. The van der Waals surface area contributed by atoms with Crippen molar-refractivity contribution in [3.63, 3.8) is 0 Å². The van der Waals surface area contributed by atoms with Gasteiger partial charge in [-0.15, -0.1) is 0 Å². The molecule has 1 aromatic heterocycles. The third-order valence-corrected chi connectivity index (χ3v) is 3.42. The van der Waals surface area contributed by atoms with E-state index in [1.54, 1.807) is 24.3 Å². The van der Waals surface area contributed by atoms with Gasteiger partial charge in [-0.1, -0.05) is 12.1 Å². The molecule has 0 aliphatic carbocycles. The molecule has 0 bridgehead atoms. The molecule has 0 atom stereocenters. The van der Waals surface area contributed by atoms with E-state index in [0.717, 1.165) is 12.1 Å². The van der Waals surface area contributed by atoms with Crippen LogP contribution in [-0.2, 0) is 6.42 Å². The van der Waals surface area contributed by atoms with Crippen molar-refractivity contribution in [1.29, 1.82) is 0 Å². The van der Waals surface area contributed by atoms with E-state index in [9.17, 15) is 25.2 Å². The Bertz CT molecular complexity index is 903. The topological polar surface area (TPSA) is 111 Å². The van der Waals surface area contributed by atoms with Gasteiger partial charge < -0.3 is 24.8 Å². The van der Waals surface area contributed by atoms with E-state index in [-0.39, 0.29) is 46.1 Å². The van der Waals surface area contributed by atoms with Crippen LogP contribution in [0, 0.1) is 0 Å². The lowest BCUT2D eigenvalue weighted by molar-refractivity contribution is 0.418. The van der Waals surface area contributed by atoms with Gasteiger partial charge in [0.1, 0.15) is 28.6 Å². The summed E-state index contributed by atoms with van der Waals surface area (Å²) in [6.07, 6.45) is -0.239. The molecule has 0 saturated heterocycles. The molecule has 22 heavy (non-hydrogen) atoms. The number of hydrogen-bond donors (Lipinski definition) is 4. The van der Waals surface area contributed by atoms with Crippen LogP contribution >= 0.6 is 0 Å². The van der Waals surface area contributed by atoms with Crippen molar-refractivity contribution in [2.45, 2.75) is 6.42 Å². The summed E-state index contributed by atoms with van der Waals surface area (Å²) < 4.78 is 5.12. The Morgan fingerprint density at radius 3 is 2.23 bits per heavy atom. The fourth-order valence-electron chi connectivity index (χ4n) is 2.31. The van der Waals surface area contributed by atoms with Gasteiger partial charge in [-0.3, -0.25) is 0 Å². The van der Waals surface area contributed by atoms with Crippen LogP contribution in [0.15, 0.2) is 45.6 Å². The summed E-state index contributed by atoms with van der Waals surface area (Å²) in [7, 11) is 0. The maximum absolute atomic E-state index is 12.0. The molecule has 112 valence electrons. The number of aromatic hydroxyl groups is 4. The van der Waals surface area contributed by atoms with Crippen LogP contribution in [0.4, 0.5) is 0 Å². The molecule has 1 heterocycles. The highest BCUT2D eigenvalue weighted by molar-refractivity contribution is 5.84. The first-order valence-electron chi connectivity index (χ1n) is 6.45. The number of phenolic OH excluding ortho intramolecular Hbond substituents is 3. The van der Waals surface area contributed by atoms with Crippen LogP contribution in [0.1, 0.15) is 11.1 Å². The molecule has 0 aliphatic heterocycles. The largest absolute Gasteiger partial charge is 0.508 e. The molecule has 3 rings (SSSR count). The van der Waals surface area contributed by atoms with Crippen molar-refractivity contribution in [2.75, 3.05) is 0 Å². The van der Waals surface area contributed by atoms with Crippen LogP contribution in [0.3, 0.4) is 0 Å². The molecule has 0 spiro atoms. The molecule has 0 aliphatic rings. The molecule has 6 nitrogen and oxygen atoms in total. The second-order valence-electron chi connectivity index (χ2n) is 4.85. The summed E-state index contributed by atoms with van der Waals surface area (Å²) in [6.45, 7) is 0. The average Bonchev–Trinajstić information content (AvgIpc) is 2.45. The number of benzene rings is 2. The van der Waals surface area contributed by atoms with Gasteiger partial charge in [-0.2, -0.15) is 0 Å². The van der Waals surface area contributed by atoms with Crippen molar-refractivity contribution < 1.29 is 24.8 Å². The van der Waals surface area contributed by atoms with E-state index in [1.807, 2.05) is 0 Å². The third kappa shape index (κ3) is 2.20. The monoisotopic (exact) mass is 300 g/mol. The van der Waals surface area contributed by atoms with Crippen LogP contribution in [0.25, 0.3) is 11.0 Å². The van der Waals surface area contributed by atoms with Gasteiger partial charge in [0, 0.05) is 24.1 Å². The number of para-hydroxylation sites is 1. The smallest absolute Gasteiger partial charge is 0.343 e. The first-order chi connectivity index (χ1) is 10.5. The van der Waals surface area contributed by atoms with Crippen molar-refractivity contribution in [2.24, 2.45) is 0 Å². The van der Waals surface area contributed by atoms with Gasteiger partial charge in [0.2, 0.25) is 0 Å². The molecule has 0 fully saturated rings. The number of fused-ring (bicyclic) bond motifs is 1. The highest BCUT2D eigenvalue weighted by Gasteiger charge is 2.18. The highest BCUT2D eigenvalue weighted by atomic mass is 16.4. The quantitative estimate of drug-likeness (QED) is 0.540. The normalized spacial score (nSPS) is 10.9. The SMILES string of the molecule is O=c1oc2ccccc2c(O)c1Cc1c(O)cc(O)cc1O. The van der Waals surface area contributed by atoms with Gasteiger partial charge in [0.05, 0.1) is 10.9 Å². The minimum Gasteiger partial charge on any atom is -0.508 e. The lowest BCUT2D eigenvalue weighted by atomic mass is 10.0. The van der Waals surface area contributed by atoms with E-state index >= 15 is 0 Å². The second-order valence-corrected chi connectivity index (χ2v) is 4.85. The number of rotatable bonds is 2. The molecule has 4 N–H and O–H groups in total. The maximum Gasteiger partial charge on any atom is 0.343 e. The predicted octanol–water partition coefficient (Wildman–Crippen LogP) is 2.21. The van der Waals surface area contributed by atoms with Crippen molar-refractivity contribution in [3.05, 3.63) is 57.9 Å². The Morgan fingerprint density at radius 1 is 0.909 bits per heavy atom. The molecule has 0 saturated carbocycles. The number of hydrogen-bond acceptors (Lipinski definition) is 6. The first kappa shape index (κ1) is 13.8. The maximum atomic E-state index is 12.0. The zero-order valence-electron chi connectivity index (χ0n) is 11.3. The van der Waals surface area contributed by atoms with Crippen LogP contribution in [0.2, 0.25) is 0 Å². The summed E-state index contributed by atoms with van der Waals surface area (Å²) in [5.74, 6) is -1.35. The molecule has 0 amide bonds. The average molecular weight is 300 g/mol. The second kappa shape index (κ2) is 5.00. The number of phenols is 3. The van der Waals surface area contributed by atoms with Crippen LogP contribution in [-0.4, -0.2) is 20.4 Å². The van der Waals surface area contributed by atoms with E-state index in [0.29, 0.717) is 5.39 Å². The summed E-state index contributed by atoms with van der Waals surface area (Å²) >= 11 is 0. The van der Waals surface area contributed by atoms with Crippen molar-refractivity contribution in [1.82, 2.24) is 0 Å². The summed E-state index contributed by atoms with van der Waals surface area (Å²) in [5.41, 5.74) is -0.596. The first-order valence-corrected chi connectivity index (χ1v) is 6.45. The van der Waals surface area contributed by atoms with Gasteiger partial charge >= 0.3 is 5.63 Å². The third-order valence-electron chi connectivity index (χ3n) is 3.42. The zero-order chi connectivity index (χ0) is 15.9. The van der Waals surface area contributed by atoms with E-state index in [4.69, 9.17) is 4.42 Å². The van der Waals surface area contributed by atoms with E-state index < -0.39 is 5.63 Å². The highest BCUT2D eigenvalue weighted by Crippen LogP contribution is 2.35. The standard InChI is InChI=1S/C16H12O6/c17-8-5-12(18)10(13(19)6-8)7-11-15(20)9-3-1-2-4-14(9)22-16(11)21/h1-6,17-20H,7H2. The zero-order valence-corrected chi connectivity index (χ0v) is 11.3. The van der Waals surface area contributed by atoms with Gasteiger partial charge in [0.25, 0.3) is 0 Å². The molecule has 0 unspecified atom stereocenters. The Kier molecular flexibility index (Phi) is 3.14. The molecular formula is C16H12O6. The van der Waals surface area contributed by atoms with Crippen LogP contribution in [0.5, 0.6) is 23.0 Å². The summed E-state index contributed by atoms with van der Waals surface area (Å²) in [4.78, 5) is 12.0. The predicted molar refractivity (Wildman–Crippen MR) is 78.4 cm³/mol. The summed E-state index contributed by atoms with van der Waals surface area (Å²) in [5, 5.41) is 39.5.